The molecule has 2 aromatic rings. The molecule has 2 aromatic heterocycles. The van der Waals surface area contributed by atoms with E-state index in [1.807, 2.05) is 17.7 Å². The lowest BCUT2D eigenvalue weighted by Crippen LogP contribution is -2.21. The standard InChI is InChI=1S/C10H10N2OS3/c1-6-4-16-9(12-6)3-11-10(13)8-2-7(14)5-15-8/h2,4-5,14H,3H2,1H3,(H,11,13). The van der Waals surface area contributed by atoms with E-state index in [1.165, 1.54) is 11.3 Å². The minimum Gasteiger partial charge on any atom is -0.345 e. The topological polar surface area (TPSA) is 42.0 Å². The van der Waals surface area contributed by atoms with E-state index >= 15 is 0 Å². The van der Waals surface area contributed by atoms with E-state index < -0.39 is 0 Å². The SMILES string of the molecule is Cc1csc(CNC(=O)c2cc(S)cs2)n1. The minimum absolute atomic E-state index is 0.0712. The number of thiol groups is 1. The summed E-state index contributed by atoms with van der Waals surface area (Å²) in [6.07, 6.45) is 0. The van der Waals surface area contributed by atoms with Gasteiger partial charge < -0.3 is 5.32 Å². The highest BCUT2D eigenvalue weighted by molar-refractivity contribution is 7.80. The molecule has 16 heavy (non-hydrogen) atoms. The first-order valence-corrected chi connectivity index (χ1v) is 6.82. The van der Waals surface area contributed by atoms with Gasteiger partial charge in [-0.3, -0.25) is 4.79 Å². The number of amides is 1. The van der Waals surface area contributed by atoms with Crippen LogP contribution < -0.4 is 5.32 Å². The minimum atomic E-state index is -0.0712. The number of rotatable bonds is 3. The van der Waals surface area contributed by atoms with Crippen LogP contribution in [0, 0.1) is 6.92 Å². The van der Waals surface area contributed by atoms with Crippen molar-refractivity contribution in [2.45, 2.75) is 18.4 Å². The summed E-state index contributed by atoms with van der Waals surface area (Å²) in [6, 6.07) is 1.76. The predicted octanol–water partition coefficient (Wildman–Crippen LogP) is 2.73. The third kappa shape index (κ3) is 2.84. The normalized spacial score (nSPS) is 10.4. The molecule has 0 bridgehead atoms. The van der Waals surface area contributed by atoms with Gasteiger partial charge in [0.1, 0.15) is 5.01 Å². The van der Waals surface area contributed by atoms with E-state index in [0.29, 0.717) is 11.4 Å². The number of thiazole rings is 1. The van der Waals surface area contributed by atoms with Crippen LogP contribution in [0.4, 0.5) is 0 Å². The Bertz CT molecular complexity index is 504. The highest BCUT2D eigenvalue weighted by Crippen LogP contribution is 2.17. The van der Waals surface area contributed by atoms with Gasteiger partial charge in [0.15, 0.2) is 0 Å². The number of carbonyl (C=O) groups excluding carboxylic acids is 1. The summed E-state index contributed by atoms with van der Waals surface area (Å²) in [4.78, 5) is 17.5. The maximum Gasteiger partial charge on any atom is 0.261 e. The molecule has 0 unspecified atom stereocenters. The highest BCUT2D eigenvalue weighted by Gasteiger charge is 2.08. The molecule has 0 aliphatic rings. The molecule has 0 atom stereocenters. The van der Waals surface area contributed by atoms with Crippen LogP contribution in [0.3, 0.4) is 0 Å². The fourth-order valence-corrected chi connectivity index (χ4v) is 2.95. The lowest BCUT2D eigenvalue weighted by molar-refractivity contribution is 0.0955. The Kier molecular flexibility index (Phi) is 3.63. The fourth-order valence-electron chi connectivity index (χ4n) is 1.17. The average molecular weight is 270 g/mol. The van der Waals surface area contributed by atoms with Gasteiger partial charge in [0, 0.05) is 21.3 Å². The third-order valence-corrected chi connectivity index (χ3v) is 4.20. The van der Waals surface area contributed by atoms with Crippen molar-refractivity contribution in [3.05, 3.63) is 32.4 Å². The Hall–Kier alpha value is -0.850. The molecule has 0 aliphatic heterocycles. The summed E-state index contributed by atoms with van der Waals surface area (Å²) >= 11 is 7.11. The van der Waals surface area contributed by atoms with Crippen molar-refractivity contribution in [1.29, 1.82) is 0 Å². The Labute approximate surface area is 107 Å². The second-order valence-electron chi connectivity index (χ2n) is 3.23. The molecule has 0 aromatic carbocycles. The van der Waals surface area contributed by atoms with Crippen molar-refractivity contribution in [2.75, 3.05) is 0 Å². The van der Waals surface area contributed by atoms with E-state index in [-0.39, 0.29) is 5.91 Å². The summed E-state index contributed by atoms with van der Waals surface area (Å²) in [5, 5.41) is 7.56. The van der Waals surface area contributed by atoms with Crippen LogP contribution in [0.1, 0.15) is 20.4 Å². The van der Waals surface area contributed by atoms with E-state index in [4.69, 9.17) is 0 Å². The zero-order valence-corrected chi connectivity index (χ0v) is 11.1. The molecule has 1 amide bonds. The first kappa shape index (κ1) is 11.6. The molecule has 2 heterocycles. The summed E-state index contributed by atoms with van der Waals surface area (Å²) in [6.45, 7) is 2.42. The molecule has 0 aliphatic carbocycles. The van der Waals surface area contributed by atoms with Crippen molar-refractivity contribution < 1.29 is 4.79 Å². The molecule has 1 N–H and O–H groups in total. The number of carbonyl (C=O) groups is 1. The van der Waals surface area contributed by atoms with Gasteiger partial charge in [-0.2, -0.15) is 0 Å². The summed E-state index contributed by atoms with van der Waals surface area (Å²) in [7, 11) is 0. The average Bonchev–Trinajstić information content (AvgIpc) is 2.84. The molecule has 0 radical (unpaired) electrons. The third-order valence-electron chi connectivity index (χ3n) is 1.88. The van der Waals surface area contributed by atoms with Crippen LogP contribution in [0.2, 0.25) is 0 Å². The van der Waals surface area contributed by atoms with Crippen molar-refractivity contribution in [1.82, 2.24) is 10.3 Å². The fraction of sp³-hybridized carbons (Fsp3) is 0.200. The molecule has 0 fully saturated rings. The van der Waals surface area contributed by atoms with Gasteiger partial charge in [-0.25, -0.2) is 4.98 Å². The van der Waals surface area contributed by atoms with Crippen molar-refractivity contribution >= 4 is 41.2 Å². The number of hydrogen-bond acceptors (Lipinski definition) is 5. The second-order valence-corrected chi connectivity index (χ2v) is 5.60. The largest absolute Gasteiger partial charge is 0.345 e. The molecular weight excluding hydrogens is 260 g/mol. The highest BCUT2D eigenvalue weighted by atomic mass is 32.1. The number of aryl methyl sites for hydroxylation is 1. The number of thiophene rings is 1. The van der Waals surface area contributed by atoms with Gasteiger partial charge >= 0.3 is 0 Å². The van der Waals surface area contributed by atoms with Crippen molar-refractivity contribution in [3.8, 4) is 0 Å². The molecule has 0 saturated heterocycles. The van der Waals surface area contributed by atoms with Gasteiger partial charge in [-0.15, -0.1) is 35.3 Å². The number of nitrogens with one attached hydrogen (secondary N) is 1. The van der Waals surface area contributed by atoms with Crippen LogP contribution in [0.5, 0.6) is 0 Å². The van der Waals surface area contributed by atoms with E-state index in [2.05, 4.69) is 22.9 Å². The van der Waals surface area contributed by atoms with Crippen LogP contribution in [-0.4, -0.2) is 10.9 Å². The summed E-state index contributed by atoms with van der Waals surface area (Å²) < 4.78 is 0. The second kappa shape index (κ2) is 4.99. The smallest absolute Gasteiger partial charge is 0.261 e. The maximum absolute atomic E-state index is 11.7. The molecule has 6 heteroatoms. The van der Waals surface area contributed by atoms with E-state index in [0.717, 1.165) is 15.6 Å². The Morgan fingerprint density at radius 3 is 2.88 bits per heavy atom. The Morgan fingerprint density at radius 1 is 1.50 bits per heavy atom. The number of aromatic nitrogens is 1. The van der Waals surface area contributed by atoms with Gasteiger partial charge in [0.2, 0.25) is 0 Å². The van der Waals surface area contributed by atoms with Crippen molar-refractivity contribution in [2.24, 2.45) is 0 Å². The molecular formula is C10H10N2OS3. The molecule has 0 spiro atoms. The van der Waals surface area contributed by atoms with Crippen LogP contribution in [0.15, 0.2) is 21.7 Å². The molecule has 84 valence electrons. The number of hydrogen-bond donors (Lipinski definition) is 2. The van der Waals surface area contributed by atoms with Crippen molar-refractivity contribution in [3.63, 3.8) is 0 Å². The zero-order valence-electron chi connectivity index (χ0n) is 8.56. The lowest BCUT2D eigenvalue weighted by atomic mass is 10.4. The Morgan fingerprint density at radius 2 is 2.31 bits per heavy atom. The van der Waals surface area contributed by atoms with Crippen LogP contribution in [-0.2, 0) is 6.54 Å². The Balaban J connectivity index is 1.93. The molecule has 3 nitrogen and oxygen atoms in total. The predicted molar refractivity (Wildman–Crippen MR) is 69.6 cm³/mol. The monoisotopic (exact) mass is 270 g/mol. The first-order valence-electron chi connectivity index (χ1n) is 4.62. The van der Waals surface area contributed by atoms with Crippen LogP contribution in [0.25, 0.3) is 0 Å². The molecule has 0 saturated carbocycles. The summed E-state index contributed by atoms with van der Waals surface area (Å²) in [5.74, 6) is -0.0712. The quantitative estimate of drug-likeness (QED) is 0.842. The van der Waals surface area contributed by atoms with Gasteiger partial charge in [0.05, 0.1) is 11.4 Å². The van der Waals surface area contributed by atoms with Gasteiger partial charge in [-0.05, 0) is 13.0 Å². The molecule has 2 rings (SSSR count). The first-order chi connectivity index (χ1) is 7.65. The summed E-state index contributed by atoms with van der Waals surface area (Å²) in [5.41, 5.74) is 0.989. The zero-order chi connectivity index (χ0) is 11.5. The van der Waals surface area contributed by atoms with Crippen LogP contribution >= 0.6 is 35.3 Å². The lowest BCUT2D eigenvalue weighted by Gasteiger charge is -1.99. The van der Waals surface area contributed by atoms with Gasteiger partial charge in [0.25, 0.3) is 5.91 Å². The van der Waals surface area contributed by atoms with E-state index in [9.17, 15) is 4.79 Å². The number of nitrogens with zero attached hydrogens (tertiary/aromatic N) is 1. The van der Waals surface area contributed by atoms with E-state index in [1.54, 1.807) is 17.4 Å². The van der Waals surface area contributed by atoms with Gasteiger partial charge in [-0.1, -0.05) is 0 Å². The maximum atomic E-state index is 11.7.